The summed E-state index contributed by atoms with van der Waals surface area (Å²) in [6, 6.07) is 96.9. The molecule has 0 radical (unpaired) electrons. The lowest BCUT2D eigenvalue weighted by atomic mass is 9.66. The number of rotatable bonds is 6. The summed E-state index contributed by atoms with van der Waals surface area (Å²) in [5.41, 5.74) is 22.3. The van der Waals surface area contributed by atoms with Gasteiger partial charge in [-0.1, -0.05) is 212 Å². The highest BCUT2D eigenvalue weighted by Crippen LogP contribution is 2.64. The lowest BCUT2D eigenvalue weighted by Crippen LogP contribution is -2.28. The van der Waals surface area contributed by atoms with Crippen LogP contribution in [-0.4, -0.2) is 14.1 Å². The molecule has 3 heteroatoms. The fourth-order valence-corrected chi connectivity index (χ4v) is 12.9. The van der Waals surface area contributed by atoms with Crippen molar-refractivity contribution in [3.05, 3.63) is 283 Å². The van der Waals surface area contributed by atoms with E-state index in [1.54, 1.807) is 0 Å². The zero-order valence-corrected chi connectivity index (χ0v) is 39.7. The summed E-state index contributed by atoms with van der Waals surface area (Å²) in [5.74, 6) is 0.930. The predicted molar refractivity (Wildman–Crippen MR) is 303 cm³/mol. The summed E-state index contributed by atoms with van der Waals surface area (Å²) < 4.78 is 4.84. The summed E-state index contributed by atoms with van der Waals surface area (Å²) in [5, 5.41) is 7.49. The van der Waals surface area contributed by atoms with E-state index in [4.69, 9.17) is 4.98 Å². The second-order valence-corrected chi connectivity index (χ2v) is 19.8. The molecule has 3 heterocycles. The van der Waals surface area contributed by atoms with Gasteiger partial charge in [0.25, 0.3) is 0 Å². The predicted octanol–water partition coefficient (Wildman–Crippen LogP) is 17.8. The topological polar surface area (TPSA) is 22.8 Å². The van der Waals surface area contributed by atoms with Crippen LogP contribution in [0, 0.1) is 0 Å². The number of hydrogen-bond donors (Lipinski definition) is 0. The van der Waals surface area contributed by atoms with Crippen LogP contribution in [0.1, 0.15) is 22.3 Å². The molecule has 0 unspecified atom stereocenters. The molecule has 0 N–H and O–H groups in total. The van der Waals surface area contributed by atoms with Crippen molar-refractivity contribution in [2.45, 2.75) is 5.41 Å². The van der Waals surface area contributed by atoms with Gasteiger partial charge < -0.3 is 4.57 Å². The van der Waals surface area contributed by atoms with Gasteiger partial charge in [-0.15, -0.1) is 0 Å². The molecule has 0 spiro atoms. The minimum absolute atomic E-state index is 0.630. The molecular formula is C70H43N3. The normalized spacial score (nSPS) is 13.0. The molecule has 0 saturated heterocycles. The van der Waals surface area contributed by atoms with Gasteiger partial charge in [0.15, 0.2) is 0 Å². The minimum atomic E-state index is -0.630. The largest absolute Gasteiger partial charge is 0.308 e. The smallest absolute Gasteiger partial charge is 0.145 e. The Morgan fingerprint density at radius 3 is 1.62 bits per heavy atom. The zero-order valence-electron chi connectivity index (χ0n) is 39.7. The second-order valence-electron chi connectivity index (χ2n) is 19.8. The Morgan fingerprint density at radius 2 is 0.890 bits per heavy atom. The Morgan fingerprint density at radius 1 is 0.329 bits per heavy atom. The van der Waals surface area contributed by atoms with Crippen molar-refractivity contribution in [2.24, 2.45) is 0 Å². The molecule has 0 amide bonds. The first kappa shape index (κ1) is 40.2. The molecule has 73 heavy (non-hydrogen) atoms. The molecule has 338 valence electrons. The number of imidazole rings is 1. The van der Waals surface area contributed by atoms with Gasteiger partial charge in [-0.25, -0.2) is 4.98 Å². The van der Waals surface area contributed by atoms with Crippen LogP contribution in [0.5, 0.6) is 0 Å². The van der Waals surface area contributed by atoms with Crippen LogP contribution in [0.4, 0.5) is 0 Å². The van der Waals surface area contributed by atoms with E-state index >= 15 is 0 Å². The van der Waals surface area contributed by atoms with Gasteiger partial charge in [-0.2, -0.15) is 0 Å². The fourth-order valence-electron chi connectivity index (χ4n) is 12.9. The van der Waals surface area contributed by atoms with E-state index in [9.17, 15) is 0 Å². The number of nitrogens with zero attached hydrogens (tertiary/aromatic N) is 3. The van der Waals surface area contributed by atoms with Gasteiger partial charge in [-0.3, -0.25) is 4.57 Å². The Kier molecular flexibility index (Phi) is 8.38. The van der Waals surface area contributed by atoms with Crippen molar-refractivity contribution >= 4 is 54.4 Å². The van der Waals surface area contributed by atoms with Crippen LogP contribution in [0.2, 0.25) is 0 Å². The van der Waals surface area contributed by atoms with Crippen molar-refractivity contribution in [1.29, 1.82) is 0 Å². The van der Waals surface area contributed by atoms with Gasteiger partial charge >= 0.3 is 0 Å². The Labute approximate surface area is 422 Å². The van der Waals surface area contributed by atoms with Crippen LogP contribution in [-0.2, 0) is 5.41 Å². The number of para-hydroxylation sites is 5. The van der Waals surface area contributed by atoms with Crippen LogP contribution < -0.4 is 0 Å². The SMILES string of the molecule is c1ccc(-n2c(-c3ccc(-c4ccc(-c5ccc6c7c5-c5ccccc5-n5c8ccccc8c8ccc(c-7c85)C6(c5ccc6ccccc6c5)c5ccc6ccccc6c5)cc4)cc3)nc3ccccc32)cc1. The first-order valence-corrected chi connectivity index (χ1v) is 25.3. The molecule has 2 aromatic heterocycles. The average Bonchev–Trinajstić information content (AvgIpc) is 4.10. The number of benzene rings is 12. The van der Waals surface area contributed by atoms with Crippen LogP contribution in [0.25, 0.3) is 122 Å². The third-order valence-corrected chi connectivity index (χ3v) is 16.1. The molecule has 1 aliphatic heterocycles. The number of fused-ring (bicyclic) bond motifs is 9. The molecule has 3 nitrogen and oxygen atoms in total. The minimum Gasteiger partial charge on any atom is -0.308 e. The van der Waals surface area contributed by atoms with Crippen LogP contribution in [0.15, 0.2) is 261 Å². The Balaban J connectivity index is 0.921. The maximum absolute atomic E-state index is 5.14. The first-order valence-electron chi connectivity index (χ1n) is 25.3. The van der Waals surface area contributed by atoms with E-state index in [0.717, 1.165) is 33.7 Å². The number of aromatic nitrogens is 3. The summed E-state index contributed by atoms with van der Waals surface area (Å²) in [6.45, 7) is 0. The van der Waals surface area contributed by atoms with E-state index < -0.39 is 5.41 Å². The fraction of sp³-hybridized carbons (Fsp3) is 0.0143. The monoisotopic (exact) mass is 925 g/mol. The van der Waals surface area contributed by atoms with Crippen LogP contribution >= 0.6 is 0 Å². The summed E-state index contributed by atoms with van der Waals surface area (Å²) in [7, 11) is 0. The van der Waals surface area contributed by atoms with Crippen molar-refractivity contribution in [1.82, 2.24) is 14.1 Å². The van der Waals surface area contributed by atoms with Crippen LogP contribution in [0.3, 0.4) is 0 Å². The highest BCUT2D eigenvalue weighted by atomic mass is 15.1. The molecule has 1 aliphatic carbocycles. The molecule has 0 saturated carbocycles. The standard InChI is InChI=1S/C70H43N3/c1-2-18-54(19-3-1)72-64-25-13-10-22-61(64)71-69(72)49-32-28-47(29-33-49)46-26-30-48(31-27-46)55-38-40-59-66-65(55)58-21-9-12-24-63(58)73-62-23-11-8-20-56(62)57-39-41-60(67(66)68(57)73)70(59,52-36-34-44-14-4-6-16-50(44)42-52)53-37-35-45-15-5-7-17-51(45)43-53/h1-43H. The van der Waals surface area contributed by atoms with Gasteiger partial charge in [-0.05, 0) is 126 Å². The molecule has 14 aromatic rings. The van der Waals surface area contributed by atoms with Gasteiger partial charge in [0.2, 0.25) is 0 Å². The van der Waals surface area contributed by atoms with Crippen molar-refractivity contribution in [3.63, 3.8) is 0 Å². The molecule has 0 bridgehead atoms. The first-order chi connectivity index (χ1) is 36.2. The van der Waals surface area contributed by atoms with E-state index in [0.29, 0.717) is 0 Å². The van der Waals surface area contributed by atoms with Gasteiger partial charge in [0.1, 0.15) is 5.82 Å². The average molecular weight is 926 g/mol. The lowest BCUT2D eigenvalue weighted by molar-refractivity contribution is 0.772. The molecular weight excluding hydrogens is 883 g/mol. The Hall–Kier alpha value is -9.57. The second kappa shape index (κ2) is 15.2. The lowest BCUT2D eigenvalue weighted by Gasteiger charge is -2.35. The molecule has 16 rings (SSSR count). The van der Waals surface area contributed by atoms with E-state index in [1.165, 1.54) is 110 Å². The highest BCUT2D eigenvalue weighted by Gasteiger charge is 2.50. The summed E-state index contributed by atoms with van der Waals surface area (Å²) in [6.07, 6.45) is 0. The van der Waals surface area contributed by atoms with E-state index in [1.807, 2.05) is 0 Å². The maximum Gasteiger partial charge on any atom is 0.145 e. The maximum atomic E-state index is 5.14. The summed E-state index contributed by atoms with van der Waals surface area (Å²) in [4.78, 5) is 5.14. The van der Waals surface area contributed by atoms with E-state index in [-0.39, 0.29) is 0 Å². The van der Waals surface area contributed by atoms with E-state index in [2.05, 4.69) is 270 Å². The molecule has 12 aromatic carbocycles. The Bertz CT molecular complexity index is 4510. The van der Waals surface area contributed by atoms with Gasteiger partial charge in [0, 0.05) is 33.2 Å². The number of hydrogen-bond acceptors (Lipinski definition) is 1. The van der Waals surface area contributed by atoms with Crippen molar-refractivity contribution in [2.75, 3.05) is 0 Å². The third kappa shape index (κ3) is 5.62. The summed E-state index contributed by atoms with van der Waals surface area (Å²) >= 11 is 0. The highest BCUT2D eigenvalue weighted by molar-refractivity contribution is 6.20. The zero-order chi connectivity index (χ0) is 47.8. The molecule has 0 atom stereocenters. The van der Waals surface area contributed by atoms with Gasteiger partial charge in [0.05, 0.1) is 33.2 Å². The van der Waals surface area contributed by atoms with Crippen molar-refractivity contribution < 1.29 is 0 Å². The van der Waals surface area contributed by atoms with Crippen molar-refractivity contribution in [3.8, 4) is 67.3 Å². The quantitative estimate of drug-likeness (QED) is 0.163. The molecule has 2 aliphatic rings. The third-order valence-electron chi connectivity index (χ3n) is 16.1. The molecule has 0 fully saturated rings.